The maximum Gasteiger partial charge on any atom is 0.00643 e. The second-order valence-corrected chi connectivity index (χ2v) is 3.82. The predicted octanol–water partition coefficient (Wildman–Crippen LogP) is 2.98. The molecule has 0 aliphatic heterocycles. The molecule has 0 aromatic heterocycles. The summed E-state index contributed by atoms with van der Waals surface area (Å²) < 4.78 is 0. The van der Waals surface area contributed by atoms with Crippen LogP contribution in [0.15, 0.2) is 12.2 Å². The first kappa shape index (κ1) is 11.7. The number of hydrogen-bond donors (Lipinski definition) is 1. The molecule has 0 saturated carbocycles. The summed E-state index contributed by atoms with van der Waals surface area (Å²) in [5.74, 6) is 0.752. The average Bonchev–Trinajstić information content (AvgIpc) is 2.00. The highest BCUT2D eigenvalue weighted by atomic mass is 14.9. The molecular formula is C11H23N. The second kappa shape index (κ2) is 6.24. The van der Waals surface area contributed by atoms with Crippen molar-refractivity contribution < 1.29 is 0 Å². The topological polar surface area (TPSA) is 12.0 Å². The van der Waals surface area contributed by atoms with Crippen molar-refractivity contribution in [3.8, 4) is 0 Å². The molecule has 0 saturated heterocycles. The van der Waals surface area contributed by atoms with Crippen molar-refractivity contribution in [2.75, 3.05) is 6.54 Å². The summed E-state index contributed by atoms with van der Waals surface area (Å²) in [6.45, 7) is 13.8. The van der Waals surface area contributed by atoms with Gasteiger partial charge in [-0.2, -0.15) is 0 Å². The molecule has 0 aromatic rings. The quantitative estimate of drug-likeness (QED) is 0.603. The van der Waals surface area contributed by atoms with Gasteiger partial charge in [-0.15, -0.1) is 6.58 Å². The molecule has 1 heteroatoms. The fourth-order valence-electron chi connectivity index (χ4n) is 1.25. The van der Waals surface area contributed by atoms with Gasteiger partial charge in [-0.1, -0.05) is 19.4 Å². The van der Waals surface area contributed by atoms with E-state index in [0.29, 0.717) is 6.04 Å². The van der Waals surface area contributed by atoms with Crippen LogP contribution in [-0.2, 0) is 0 Å². The van der Waals surface area contributed by atoms with Crippen molar-refractivity contribution in [1.82, 2.24) is 5.32 Å². The number of nitrogens with one attached hydrogen (secondary N) is 1. The maximum absolute atomic E-state index is 3.91. The van der Waals surface area contributed by atoms with Crippen molar-refractivity contribution >= 4 is 0 Å². The van der Waals surface area contributed by atoms with Gasteiger partial charge in [0, 0.05) is 6.04 Å². The van der Waals surface area contributed by atoms with Crippen molar-refractivity contribution in [3.63, 3.8) is 0 Å². The van der Waals surface area contributed by atoms with E-state index in [1.54, 1.807) is 0 Å². The summed E-state index contributed by atoms with van der Waals surface area (Å²) in [5.41, 5.74) is 1.30. The Morgan fingerprint density at radius 1 is 1.42 bits per heavy atom. The lowest BCUT2D eigenvalue weighted by Crippen LogP contribution is -2.31. The molecule has 0 rings (SSSR count). The van der Waals surface area contributed by atoms with Gasteiger partial charge >= 0.3 is 0 Å². The molecule has 0 aliphatic carbocycles. The van der Waals surface area contributed by atoms with Gasteiger partial charge in [-0.3, -0.25) is 0 Å². The van der Waals surface area contributed by atoms with Crippen molar-refractivity contribution in [3.05, 3.63) is 12.2 Å². The number of hydrogen-bond acceptors (Lipinski definition) is 1. The molecular weight excluding hydrogens is 146 g/mol. The highest BCUT2D eigenvalue weighted by Crippen LogP contribution is 2.13. The molecule has 0 fully saturated rings. The van der Waals surface area contributed by atoms with Crippen LogP contribution in [0.3, 0.4) is 0 Å². The average molecular weight is 169 g/mol. The van der Waals surface area contributed by atoms with Crippen molar-refractivity contribution in [1.29, 1.82) is 0 Å². The molecule has 0 aliphatic rings. The Labute approximate surface area is 77.2 Å². The van der Waals surface area contributed by atoms with Gasteiger partial charge in [0.25, 0.3) is 0 Å². The molecule has 72 valence electrons. The minimum Gasteiger partial charge on any atom is -0.314 e. The Bertz CT molecular complexity index is 129. The molecule has 2 atom stereocenters. The van der Waals surface area contributed by atoms with Crippen LogP contribution < -0.4 is 5.32 Å². The standard InChI is InChI=1S/C11H23N/c1-6-12-11(5)10(4)8-7-9(2)3/h10-12H,2,6-8H2,1,3-5H3. The van der Waals surface area contributed by atoms with Crippen molar-refractivity contribution in [2.24, 2.45) is 5.92 Å². The Kier molecular flexibility index (Phi) is 6.09. The minimum atomic E-state index is 0.634. The van der Waals surface area contributed by atoms with Gasteiger partial charge in [-0.25, -0.2) is 0 Å². The summed E-state index contributed by atoms with van der Waals surface area (Å²) in [4.78, 5) is 0. The molecule has 1 N–H and O–H groups in total. The SMILES string of the molecule is C=C(C)CCC(C)C(C)NCC. The Morgan fingerprint density at radius 2 is 2.00 bits per heavy atom. The largest absolute Gasteiger partial charge is 0.314 e. The number of allylic oxidation sites excluding steroid dienone is 1. The summed E-state index contributed by atoms with van der Waals surface area (Å²) in [6.07, 6.45) is 2.42. The van der Waals surface area contributed by atoms with Crippen LogP contribution in [0.1, 0.15) is 40.5 Å². The first-order chi connectivity index (χ1) is 5.57. The molecule has 0 aromatic carbocycles. The van der Waals surface area contributed by atoms with Crippen LogP contribution in [0.25, 0.3) is 0 Å². The minimum absolute atomic E-state index is 0.634. The fraction of sp³-hybridized carbons (Fsp3) is 0.818. The van der Waals surface area contributed by atoms with Crippen LogP contribution in [-0.4, -0.2) is 12.6 Å². The van der Waals surface area contributed by atoms with E-state index in [1.807, 2.05) is 0 Å². The Hall–Kier alpha value is -0.300. The third kappa shape index (κ3) is 5.36. The van der Waals surface area contributed by atoms with E-state index in [0.717, 1.165) is 18.9 Å². The van der Waals surface area contributed by atoms with E-state index in [4.69, 9.17) is 0 Å². The molecule has 1 nitrogen and oxygen atoms in total. The van der Waals surface area contributed by atoms with Gasteiger partial charge in [-0.05, 0) is 39.2 Å². The zero-order valence-electron chi connectivity index (χ0n) is 8.98. The number of rotatable bonds is 6. The molecule has 0 bridgehead atoms. The lowest BCUT2D eigenvalue weighted by molar-refractivity contribution is 0.386. The fourth-order valence-corrected chi connectivity index (χ4v) is 1.25. The molecule has 12 heavy (non-hydrogen) atoms. The third-order valence-electron chi connectivity index (χ3n) is 2.41. The monoisotopic (exact) mass is 169 g/mol. The Morgan fingerprint density at radius 3 is 2.42 bits per heavy atom. The van der Waals surface area contributed by atoms with Gasteiger partial charge in [0.05, 0.1) is 0 Å². The van der Waals surface area contributed by atoms with E-state index >= 15 is 0 Å². The van der Waals surface area contributed by atoms with E-state index in [1.165, 1.54) is 12.0 Å². The van der Waals surface area contributed by atoms with Crippen LogP contribution in [0, 0.1) is 5.92 Å². The van der Waals surface area contributed by atoms with E-state index in [2.05, 4.69) is 39.6 Å². The van der Waals surface area contributed by atoms with E-state index < -0.39 is 0 Å². The van der Waals surface area contributed by atoms with Gasteiger partial charge in [0.1, 0.15) is 0 Å². The molecule has 0 heterocycles. The van der Waals surface area contributed by atoms with Crippen LogP contribution >= 0.6 is 0 Å². The zero-order valence-corrected chi connectivity index (χ0v) is 8.98. The van der Waals surface area contributed by atoms with E-state index in [-0.39, 0.29) is 0 Å². The molecule has 0 spiro atoms. The van der Waals surface area contributed by atoms with Gasteiger partial charge in [0.2, 0.25) is 0 Å². The van der Waals surface area contributed by atoms with Crippen LogP contribution in [0.2, 0.25) is 0 Å². The zero-order chi connectivity index (χ0) is 9.56. The van der Waals surface area contributed by atoms with Crippen molar-refractivity contribution in [2.45, 2.75) is 46.6 Å². The molecule has 0 amide bonds. The van der Waals surface area contributed by atoms with E-state index in [9.17, 15) is 0 Å². The van der Waals surface area contributed by atoms with Crippen LogP contribution in [0.5, 0.6) is 0 Å². The first-order valence-corrected chi connectivity index (χ1v) is 4.95. The summed E-state index contributed by atoms with van der Waals surface area (Å²) in [5, 5.41) is 3.44. The van der Waals surface area contributed by atoms with Crippen LogP contribution in [0.4, 0.5) is 0 Å². The summed E-state index contributed by atoms with van der Waals surface area (Å²) in [6, 6.07) is 0.634. The second-order valence-electron chi connectivity index (χ2n) is 3.82. The first-order valence-electron chi connectivity index (χ1n) is 4.95. The van der Waals surface area contributed by atoms with Gasteiger partial charge in [0.15, 0.2) is 0 Å². The maximum atomic E-state index is 3.91. The molecule has 0 radical (unpaired) electrons. The summed E-state index contributed by atoms with van der Waals surface area (Å²) in [7, 11) is 0. The third-order valence-corrected chi connectivity index (χ3v) is 2.41. The highest BCUT2D eigenvalue weighted by Gasteiger charge is 2.09. The van der Waals surface area contributed by atoms with Gasteiger partial charge < -0.3 is 5.32 Å². The predicted molar refractivity (Wildman–Crippen MR) is 56.4 cm³/mol. The lowest BCUT2D eigenvalue weighted by Gasteiger charge is -2.20. The highest BCUT2D eigenvalue weighted by molar-refractivity contribution is 4.88. The Balaban J connectivity index is 3.55. The lowest BCUT2D eigenvalue weighted by atomic mass is 9.96. The molecule has 2 unspecified atom stereocenters. The summed E-state index contributed by atoms with van der Waals surface area (Å²) >= 11 is 0. The normalized spacial score (nSPS) is 15.7. The smallest absolute Gasteiger partial charge is 0.00643 e.